The highest BCUT2D eigenvalue weighted by molar-refractivity contribution is 5.65. The first-order valence-electron chi connectivity index (χ1n) is 11.9. The van der Waals surface area contributed by atoms with E-state index in [2.05, 4.69) is 59.1 Å². The number of aromatic nitrogens is 1. The normalized spacial score (nSPS) is 14.6. The molecule has 1 saturated heterocycles. The molecule has 0 amide bonds. The van der Waals surface area contributed by atoms with Gasteiger partial charge in [-0.2, -0.15) is 0 Å². The predicted octanol–water partition coefficient (Wildman–Crippen LogP) is 5.06. The van der Waals surface area contributed by atoms with E-state index in [1.54, 1.807) is 7.11 Å². The Morgan fingerprint density at radius 3 is 2.39 bits per heavy atom. The molecule has 1 aromatic carbocycles. The summed E-state index contributed by atoms with van der Waals surface area (Å²) in [7, 11) is 1.76. The molecule has 2 heterocycles. The molecule has 5 heteroatoms. The van der Waals surface area contributed by atoms with Gasteiger partial charge in [-0.1, -0.05) is 25.0 Å². The largest absolute Gasteiger partial charge is 0.496 e. The number of unbranched alkanes of at least 4 members (excludes halogenated alkanes) is 3. The van der Waals surface area contributed by atoms with E-state index in [1.165, 1.54) is 55.3 Å². The summed E-state index contributed by atoms with van der Waals surface area (Å²) in [4.78, 5) is 9.66. The van der Waals surface area contributed by atoms with Crippen LogP contribution in [0.5, 0.6) is 5.75 Å². The van der Waals surface area contributed by atoms with Gasteiger partial charge in [-0.3, -0.25) is 4.90 Å². The van der Waals surface area contributed by atoms with E-state index in [1.807, 2.05) is 12.3 Å². The van der Waals surface area contributed by atoms with E-state index in [-0.39, 0.29) is 0 Å². The number of benzene rings is 1. The van der Waals surface area contributed by atoms with Crippen molar-refractivity contribution in [3.8, 4) is 5.75 Å². The molecule has 31 heavy (non-hydrogen) atoms. The molecule has 0 saturated carbocycles. The van der Waals surface area contributed by atoms with Gasteiger partial charge in [-0.05, 0) is 75.4 Å². The third-order valence-electron chi connectivity index (χ3n) is 6.24. The zero-order valence-corrected chi connectivity index (χ0v) is 19.9. The summed E-state index contributed by atoms with van der Waals surface area (Å²) < 4.78 is 5.48. The molecular formula is C26H40N4O. The van der Waals surface area contributed by atoms with Crippen LogP contribution < -0.4 is 15.0 Å². The predicted molar refractivity (Wildman–Crippen MR) is 132 cm³/mol. The fraction of sp³-hybridized carbons (Fsp3) is 0.577. The van der Waals surface area contributed by atoms with Crippen LogP contribution in [0.3, 0.4) is 0 Å². The molecule has 1 N–H and O–H groups in total. The first-order valence-corrected chi connectivity index (χ1v) is 11.9. The van der Waals surface area contributed by atoms with Crippen LogP contribution in [0.25, 0.3) is 0 Å². The number of aryl methyl sites for hydroxylation is 3. The minimum atomic E-state index is 0.927. The Morgan fingerprint density at radius 1 is 1.00 bits per heavy atom. The smallest absolute Gasteiger partial charge is 0.152 e. The fourth-order valence-electron chi connectivity index (χ4n) is 4.69. The SMILES string of the molecule is CCNc1cccnc1N1CCN(CCCCCCc2cc(C)c(OC)c(C)c2)CC1. The zero-order valence-electron chi connectivity index (χ0n) is 19.9. The van der Waals surface area contributed by atoms with Crippen LogP contribution in [0.1, 0.15) is 49.3 Å². The molecule has 0 bridgehead atoms. The average Bonchev–Trinajstić information content (AvgIpc) is 2.77. The standard InChI is InChI=1S/C26H40N4O/c1-5-27-24-12-10-13-28-26(24)30-17-15-29(16-18-30)14-9-7-6-8-11-23-19-21(2)25(31-4)22(3)20-23/h10,12-13,19-20,27H,5-9,11,14-18H2,1-4H3. The number of rotatable bonds is 11. The number of methoxy groups -OCH3 is 1. The van der Waals surface area contributed by atoms with Crippen molar-refractivity contribution in [1.82, 2.24) is 9.88 Å². The van der Waals surface area contributed by atoms with E-state index in [0.717, 1.165) is 50.0 Å². The van der Waals surface area contributed by atoms with E-state index in [4.69, 9.17) is 4.74 Å². The summed E-state index contributed by atoms with van der Waals surface area (Å²) in [6.07, 6.45) is 8.27. The van der Waals surface area contributed by atoms with E-state index >= 15 is 0 Å². The molecule has 3 rings (SSSR count). The first kappa shape index (κ1) is 23.4. The molecule has 0 unspecified atom stereocenters. The summed E-state index contributed by atoms with van der Waals surface area (Å²) in [5, 5.41) is 3.44. The van der Waals surface area contributed by atoms with E-state index in [9.17, 15) is 0 Å². The van der Waals surface area contributed by atoms with Gasteiger partial charge in [-0.25, -0.2) is 4.98 Å². The number of ether oxygens (including phenoxy) is 1. The van der Waals surface area contributed by atoms with Gasteiger partial charge < -0.3 is 15.0 Å². The average molecular weight is 425 g/mol. The van der Waals surface area contributed by atoms with Gasteiger partial charge in [0.15, 0.2) is 5.82 Å². The second-order valence-electron chi connectivity index (χ2n) is 8.66. The van der Waals surface area contributed by atoms with E-state index in [0.29, 0.717) is 0 Å². The van der Waals surface area contributed by atoms with Crippen LogP contribution in [-0.4, -0.2) is 56.3 Å². The maximum Gasteiger partial charge on any atom is 0.152 e. The lowest BCUT2D eigenvalue weighted by Crippen LogP contribution is -2.47. The molecule has 0 spiro atoms. The van der Waals surface area contributed by atoms with Crippen LogP contribution in [0.4, 0.5) is 11.5 Å². The second-order valence-corrected chi connectivity index (χ2v) is 8.66. The Labute approximate surface area is 188 Å². The summed E-state index contributed by atoms with van der Waals surface area (Å²) in [5.74, 6) is 2.14. The zero-order chi connectivity index (χ0) is 22.1. The molecule has 1 aliphatic rings. The highest BCUT2D eigenvalue weighted by Gasteiger charge is 2.19. The maximum atomic E-state index is 5.48. The molecule has 1 aliphatic heterocycles. The minimum Gasteiger partial charge on any atom is -0.496 e. The van der Waals surface area contributed by atoms with Crippen LogP contribution in [0.15, 0.2) is 30.5 Å². The van der Waals surface area contributed by atoms with Crippen LogP contribution in [0.2, 0.25) is 0 Å². The minimum absolute atomic E-state index is 0.927. The lowest BCUT2D eigenvalue weighted by Gasteiger charge is -2.36. The third kappa shape index (κ3) is 6.60. The summed E-state index contributed by atoms with van der Waals surface area (Å²) in [5.41, 5.74) is 5.10. The number of anilines is 2. The maximum absolute atomic E-state index is 5.48. The molecule has 0 radical (unpaired) electrons. The highest BCUT2D eigenvalue weighted by atomic mass is 16.5. The Bertz CT molecular complexity index is 792. The number of pyridine rings is 1. The van der Waals surface area contributed by atoms with Crippen molar-refractivity contribution in [2.45, 2.75) is 52.9 Å². The second kappa shape index (κ2) is 11.9. The van der Waals surface area contributed by atoms with Gasteiger partial charge in [0.05, 0.1) is 12.8 Å². The quantitative estimate of drug-likeness (QED) is 0.510. The third-order valence-corrected chi connectivity index (χ3v) is 6.24. The van der Waals surface area contributed by atoms with Crippen molar-refractivity contribution < 1.29 is 4.74 Å². The molecule has 0 atom stereocenters. The van der Waals surface area contributed by atoms with Gasteiger partial charge in [0.25, 0.3) is 0 Å². The fourth-order valence-corrected chi connectivity index (χ4v) is 4.69. The topological polar surface area (TPSA) is 40.6 Å². The Morgan fingerprint density at radius 2 is 1.71 bits per heavy atom. The van der Waals surface area contributed by atoms with Crippen LogP contribution >= 0.6 is 0 Å². The monoisotopic (exact) mass is 424 g/mol. The number of hydrogen-bond acceptors (Lipinski definition) is 5. The molecule has 1 aromatic heterocycles. The molecule has 0 aliphatic carbocycles. The van der Waals surface area contributed by atoms with Gasteiger partial charge >= 0.3 is 0 Å². The number of hydrogen-bond donors (Lipinski definition) is 1. The van der Waals surface area contributed by atoms with Crippen molar-refractivity contribution in [3.63, 3.8) is 0 Å². The summed E-state index contributed by atoms with van der Waals surface area (Å²) in [6, 6.07) is 8.71. The summed E-state index contributed by atoms with van der Waals surface area (Å²) >= 11 is 0. The lowest BCUT2D eigenvalue weighted by molar-refractivity contribution is 0.251. The van der Waals surface area contributed by atoms with Gasteiger partial charge in [-0.15, -0.1) is 0 Å². The Kier molecular flexibility index (Phi) is 9.01. The first-order chi connectivity index (χ1) is 15.1. The molecular weight excluding hydrogens is 384 g/mol. The molecule has 1 fully saturated rings. The summed E-state index contributed by atoms with van der Waals surface area (Å²) in [6.45, 7) is 12.9. The molecule has 5 nitrogen and oxygen atoms in total. The van der Waals surface area contributed by atoms with E-state index < -0.39 is 0 Å². The van der Waals surface area contributed by atoms with Gasteiger partial charge in [0, 0.05) is 38.9 Å². The van der Waals surface area contributed by atoms with Crippen LogP contribution in [0, 0.1) is 13.8 Å². The molecule has 170 valence electrons. The van der Waals surface area contributed by atoms with Crippen molar-refractivity contribution >= 4 is 11.5 Å². The lowest BCUT2D eigenvalue weighted by atomic mass is 10.0. The van der Waals surface area contributed by atoms with Crippen molar-refractivity contribution in [2.75, 3.05) is 56.6 Å². The highest BCUT2D eigenvalue weighted by Crippen LogP contribution is 2.26. The Balaban J connectivity index is 1.32. The number of nitrogens with one attached hydrogen (secondary N) is 1. The Hall–Kier alpha value is -2.27. The van der Waals surface area contributed by atoms with Crippen molar-refractivity contribution in [3.05, 3.63) is 47.2 Å². The number of nitrogens with zero attached hydrogens (tertiary/aromatic N) is 3. The molecule has 2 aromatic rings. The number of piperazine rings is 1. The van der Waals surface area contributed by atoms with Gasteiger partial charge in [0.2, 0.25) is 0 Å². The van der Waals surface area contributed by atoms with Crippen molar-refractivity contribution in [1.29, 1.82) is 0 Å². The van der Waals surface area contributed by atoms with Crippen LogP contribution in [-0.2, 0) is 6.42 Å². The van der Waals surface area contributed by atoms with Crippen molar-refractivity contribution in [2.24, 2.45) is 0 Å². The van der Waals surface area contributed by atoms with Gasteiger partial charge in [0.1, 0.15) is 5.75 Å².